The maximum Gasteiger partial charge on any atom is 0.222 e. The Bertz CT molecular complexity index is 315. The summed E-state index contributed by atoms with van der Waals surface area (Å²) < 4.78 is 0. The average molecular weight is 246 g/mol. The lowest BCUT2D eigenvalue weighted by molar-refractivity contribution is 0.559. The predicted octanol–water partition coefficient (Wildman–Crippen LogP) is 2.95. The second kappa shape index (κ2) is 4.99. The third kappa shape index (κ3) is 2.73. The summed E-state index contributed by atoms with van der Waals surface area (Å²) in [5.74, 6) is 1.87. The number of alkyl halides is 1. The number of anilines is 1. The van der Waals surface area contributed by atoms with Gasteiger partial charge in [-0.2, -0.15) is 0 Å². The van der Waals surface area contributed by atoms with Gasteiger partial charge in [-0.15, -0.1) is 11.6 Å². The minimum Gasteiger partial charge on any atom is -0.351 e. The minimum absolute atomic E-state index is 0.406. The smallest absolute Gasteiger partial charge is 0.222 e. The zero-order valence-corrected chi connectivity index (χ0v) is 9.80. The van der Waals surface area contributed by atoms with Gasteiger partial charge < -0.3 is 5.32 Å². The molecule has 82 valence electrons. The van der Waals surface area contributed by atoms with Gasteiger partial charge in [0.05, 0.1) is 17.4 Å². The van der Waals surface area contributed by atoms with E-state index in [0.29, 0.717) is 28.8 Å². The molecule has 0 saturated heterocycles. The lowest BCUT2D eigenvalue weighted by Gasteiger charge is -2.18. The first-order valence-corrected chi connectivity index (χ1v) is 6.01. The van der Waals surface area contributed by atoms with Crippen LogP contribution in [0.3, 0.4) is 0 Å². The molecule has 1 aromatic rings. The highest BCUT2D eigenvalue weighted by atomic mass is 35.5. The third-order valence-corrected chi connectivity index (χ3v) is 3.38. The number of hydrogen-bond acceptors (Lipinski definition) is 3. The standard InChI is InChI=1S/C10H13Cl2N3/c11-4-7-2-1-3-9(7)15-10-13-5-8(12)6-14-10/h5-7,9H,1-4H2,(H,13,14,15). The summed E-state index contributed by atoms with van der Waals surface area (Å²) in [6.07, 6.45) is 6.75. The molecular weight excluding hydrogens is 233 g/mol. The van der Waals surface area contributed by atoms with Crippen molar-refractivity contribution in [1.29, 1.82) is 0 Å². The van der Waals surface area contributed by atoms with E-state index >= 15 is 0 Å². The molecule has 1 aliphatic rings. The molecule has 1 aromatic heterocycles. The van der Waals surface area contributed by atoms with Gasteiger partial charge in [-0.1, -0.05) is 18.0 Å². The van der Waals surface area contributed by atoms with Crippen molar-refractivity contribution < 1.29 is 0 Å². The first-order valence-electron chi connectivity index (χ1n) is 5.09. The molecule has 0 aromatic carbocycles. The maximum atomic E-state index is 5.89. The Hall–Kier alpha value is -0.540. The third-order valence-electron chi connectivity index (χ3n) is 2.79. The van der Waals surface area contributed by atoms with Gasteiger partial charge in [0, 0.05) is 11.9 Å². The SMILES string of the molecule is ClCC1CCCC1Nc1ncc(Cl)cn1. The fourth-order valence-corrected chi connectivity index (χ4v) is 2.43. The van der Waals surface area contributed by atoms with Gasteiger partial charge in [0.2, 0.25) is 5.95 Å². The zero-order chi connectivity index (χ0) is 10.7. The Kier molecular flexibility index (Phi) is 3.65. The molecule has 5 heteroatoms. The van der Waals surface area contributed by atoms with Crippen molar-refractivity contribution in [3.05, 3.63) is 17.4 Å². The lowest BCUT2D eigenvalue weighted by Crippen LogP contribution is -2.25. The molecule has 3 nitrogen and oxygen atoms in total. The number of halogens is 2. The topological polar surface area (TPSA) is 37.8 Å². The van der Waals surface area contributed by atoms with Crippen molar-refractivity contribution in [3.63, 3.8) is 0 Å². The molecular formula is C10H13Cl2N3. The highest BCUT2D eigenvalue weighted by Gasteiger charge is 2.26. The van der Waals surface area contributed by atoms with E-state index in [0.717, 1.165) is 6.42 Å². The summed E-state index contributed by atoms with van der Waals surface area (Å²) in [7, 11) is 0. The van der Waals surface area contributed by atoms with Crippen LogP contribution in [0, 0.1) is 5.92 Å². The van der Waals surface area contributed by atoms with Crippen LogP contribution in [0.1, 0.15) is 19.3 Å². The van der Waals surface area contributed by atoms with Gasteiger partial charge in [-0.05, 0) is 18.8 Å². The summed E-state index contributed by atoms with van der Waals surface area (Å²) in [6, 6.07) is 0.406. The molecule has 1 fully saturated rings. The number of nitrogens with one attached hydrogen (secondary N) is 1. The van der Waals surface area contributed by atoms with Crippen molar-refractivity contribution >= 4 is 29.2 Å². The Morgan fingerprint density at radius 1 is 1.33 bits per heavy atom. The second-order valence-electron chi connectivity index (χ2n) is 3.82. The molecule has 0 amide bonds. The molecule has 1 N–H and O–H groups in total. The van der Waals surface area contributed by atoms with Crippen molar-refractivity contribution in [1.82, 2.24) is 9.97 Å². The molecule has 2 unspecified atom stereocenters. The van der Waals surface area contributed by atoms with Crippen molar-refractivity contribution in [3.8, 4) is 0 Å². The highest BCUT2D eigenvalue weighted by Crippen LogP contribution is 2.28. The van der Waals surface area contributed by atoms with E-state index in [-0.39, 0.29) is 0 Å². The van der Waals surface area contributed by atoms with Crippen molar-refractivity contribution in [2.45, 2.75) is 25.3 Å². The Balaban J connectivity index is 1.99. The van der Waals surface area contributed by atoms with Crippen LogP contribution in [-0.4, -0.2) is 21.9 Å². The van der Waals surface area contributed by atoms with E-state index in [1.807, 2.05) is 0 Å². The van der Waals surface area contributed by atoms with E-state index < -0.39 is 0 Å². The average Bonchev–Trinajstić information content (AvgIpc) is 2.69. The largest absolute Gasteiger partial charge is 0.351 e. The normalized spacial score (nSPS) is 25.5. The first-order chi connectivity index (χ1) is 7.29. The summed E-state index contributed by atoms with van der Waals surface area (Å²) >= 11 is 11.6. The summed E-state index contributed by atoms with van der Waals surface area (Å²) in [5.41, 5.74) is 0. The van der Waals surface area contributed by atoms with Crippen molar-refractivity contribution in [2.75, 3.05) is 11.2 Å². The number of hydrogen-bond donors (Lipinski definition) is 1. The quantitative estimate of drug-likeness (QED) is 0.833. The molecule has 0 bridgehead atoms. The number of aromatic nitrogens is 2. The molecule has 1 saturated carbocycles. The number of rotatable bonds is 3. The van der Waals surface area contributed by atoms with Crippen LogP contribution in [0.2, 0.25) is 5.02 Å². The van der Waals surface area contributed by atoms with Gasteiger partial charge in [-0.3, -0.25) is 0 Å². The molecule has 0 spiro atoms. The van der Waals surface area contributed by atoms with Crippen LogP contribution in [0.5, 0.6) is 0 Å². The maximum absolute atomic E-state index is 5.89. The van der Waals surface area contributed by atoms with Gasteiger partial charge >= 0.3 is 0 Å². The minimum atomic E-state index is 0.406. The number of nitrogens with zero attached hydrogens (tertiary/aromatic N) is 2. The Labute approximate surface area is 99.2 Å². The Morgan fingerprint density at radius 3 is 2.73 bits per heavy atom. The van der Waals surface area contributed by atoms with Crippen LogP contribution >= 0.6 is 23.2 Å². The zero-order valence-electron chi connectivity index (χ0n) is 8.29. The molecule has 2 atom stereocenters. The second-order valence-corrected chi connectivity index (χ2v) is 4.57. The first kappa shape index (κ1) is 11.0. The van der Waals surface area contributed by atoms with E-state index in [2.05, 4.69) is 15.3 Å². The summed E-state index contributed by atoms with van der Waals surface area (Å²) in [4.78, 5) is 8.23. The van der Waals surface area contributed by atoms with Crippen LogP contribution in [0.25, 0.3) is 0 Å². The molecule has 1 aliphatic carbocycles. The van der Waals surface area contributed by atoms with Crippen LogP contribution < -0.4 is 5.32 Å². The fraction of sp³-hybridized carbons (Fsp3) is 0.600. The molecule has 1 heterocycles. The van der Waals surface area contributed by atoms with Gasteiger partial charge in [0.1, 0.15) is 0 Å². The Morgan fingerprint density at radius 2 is 2.07 bits per heavy atom. The van der Waals surface area contributed by atoms with Gasteiger partial charge in [0.15, 0.2) is 0 Å². The molecule has 0 radical (unpaired) electrons. The van der Waals surface area contributed by atoms with Crippen LogP contribution in [0.15, 0.2) is 12.4 Å². The highest BCUT2D eigenvalue weighted by molar-refractivity contribution is 6.30. The summed E-state index contributed by atoms with van der Waals surface area (Å²) in [5, 5.41) is 3.86. The molecule has 15 heavy (non-hydrogen) atoms. The monoisotopic (exact) mass is 245 g/mol. The van der Waals surface area contributed by atoms with E-state index in [1.165, 1.54) is 12.8 Å². The van der Waals surface area contributed by atoms with E-state index in [9.17, 15) is 0 Å². The predicted molar refractivity (Wildman–Crippen MR) is 62.5 cm³/mol. The van der Waals surface area contributed by atoms with E-state index in [4.69, 9.17) is 23.2 Å². The van der Waals surface area contributed by atoms with Crippen molar-refractivity contribution in [2.24, 2.45) is 5.92 Å². The van der Waals surface area contributed by atoms with Crippen LogP contribution in [-0.2, 0) is 0 Å². The van der Waals surface area contributed by atoms with E-state index in [1.54, 1.807) is 12.4 Å². The van der Waals surface area contributed by atoms with Crippen LogP contribution in [0.4, 0.5) is 5.95 Å². The molecule has 0 aliphatic heterocycles. The fourth-order valence-electron chi connectivity index (χ4n) is 1.96. The van der Waals surface area contributed by atoms with Gasteiger partial charge in [0.25, 0.3) is 0 Å². The lowest BCUT2D eigenvalue weighted by atomic mass is 10.1. The summed E-state index contributed by atoms with van der Waals surface area (Å²) in [6.45, 7) is 0. The molecule has 2 rings (SSSR count). The van der Waals surface area contributed by atoms with Gasteiger partial charge in [-0.25, -0.2) is 9.97 Å².